The SMILES string of the molecule is CC1(C)CNCc2cc(Nc3ncc4c(n3)OCN(c3c(Cl)cc(Cl)cc3Cl)C4=O)ccc21. The lowest BCUT2D eigenvalue weighted by Gasteiger charge is -2.33. The van der Waals surface area contributed by atoms with Gasteiger partial charge in [0.1, 0.15) is 5.56 Å². The lowest BCUT2D eigenvalue weighted by atomic mass is 9.79. The Balaban J connectivity index is 1.40. The van der Waals surface area contributed by atoms with Crippen molar-refractivity contribution < 1.29 is 9.53 Å². The third kappa shape index (κ3) is 4.10. The molecule has 3 aromatic rings. The molecule has 0 radical (unpaired) electrons. The number of halogens is 3. The molecule has 1 amide bonds. The van der Waals surface area contributed by atoms with Gasteiger partial charge >= 0.3 is 0 Å². The molecule has 0 fully saturated rings. The van der Waals surface area contributed by atoms with Crippen LogP contribution in [-0.2, 0) is 12.0 Å². The molecule has 5 rings (SSSR count). The maximum Gasteiger partial charge on any atom is 0.268 e. The molecule has 0 saturated heterocycles. The molecule has 7 nitrogen and oxygen atoms in total. The van der Waals surface area contributed by atoms with E-state index in [2.05, 4.69) is 46.6 Å². The summed E-state index contributed by atoms with van der Waals surface area (Å²) in [6.45, 7) is 6.10. The summed E-state index contributed by atoms with van der Waals surface area (Å²) in [4.78, 5) is 23.1. The highest BCUT2D eigenvalue weighted by Crippen LogP contribution is 2.39. The van der Waals surface area contributed by atoms with E-state index < -0.39 is 0 Å². The van der Waals surface area contributed by atoms with Crippen LogP contribution in [0.2, 0.25) is 15.1 Å². The van der Waals surface area contributed by atoms with Crippen LogP contribution in [-0.4, -0.2) is 29.2 Å². The van der Waals surface area contributed by atoms with E-state index in [0.29, 0.717) is 16.7 Å². The second-order valence-electron chi connectivity index (χ2n) is 8.62. The van der Waals surface area contributed by atoms with Crippen molar-refractivity contribution in [1.29, 1.82) is 0 Å². The van der Waals surface area contributed by atoms with Crippen molar-refractivity contribution in [2.75, 3.05) is 23.5 Å². The second-order valence-corrected chi connectivity index (χ2v) is 9.87. The molecule has 0 bridgehead atoms. The number of benzene rings is 2. The number of nitrogens with one attached hydrogen (secondary N) is 2. The van der Waals surface area contributed by atoms with Crippen LogP contribution in [0, 0.1) is 0 Å². The Bertz CT molecular complexity index is 1260. The van der Waals surface area contributed by atoms with Gasteiger partial charge in [-0.3, -0.25) is 9.69 Å². The zero-order valence-corrected chi connectivity index (χ0v) is 20.1. The van der Waals surface area contributed by atoms with E-state index in [0.717, 1.165) is 18.8 Å². The maximum absolute atomic E-state index is 13.1. The largest absolute Gasteiger partial charge is 0.455 e. The smallest absolute Gasteiger partial charge is 0.268 e. The van der Waals surface area contributed by atoms with E-state index in [4.69, 9.17) is 39.5 Å². The van der Waals surface area contributed by atoms with Crippen molar-refractivity contribution in [1.82, 2.24) is 15.3 Å². The van der Waals surface area contributed by atoms with Gasteiger partial charge < -0.3 is 15.4 Å². The fourth-order valence-corrected chi connectivity index (χ4v) is 5.20. The number of nitrogens with zero attached hydrogens (tertiary/aromatic N) is 3. The molecule has 33 heavy (non-hydrogen) atoms. The summed E-state index contributed by atoms with van der Waals surface area (Å²) in [7, 11) is 0. The highest BCUT2D eigenvalue weighted by molar-refractivity contribution is 6.42. The van der Waals surface area contributed by atoms with Crippen LogP contribution in [0.5, 0.6) is 5.88 Å². The highest BCUT2D eigenvalue weighted by atomic mass is 35.5. The van der Waals surface area contributed by atoms with Crippen LogP contribution in [0.4, 0.5) is 17.3 Å². The first kappa shape index (κ1) is 22.2. The molecule has 0 atom stereocenters. The number of carbonyl (C=O) groups excluding carboxylic acids is 1. The van der Waals surface area contributed by atoms with Gasteiger partial charge in [0.2, 0.25) is 11.8 Å². The van der Waals surface area contributed by atoms with Gasteiger partial charge in [0.15, 0.2) is 6.73 Å². The van der Waals surface area contributed by atoms with Crippen molar-refractivity contribution in [3.63, 3.8) is 0 Å². The minimum Gasteiger partial charge on any atom is -0.455 e. The van der Waals surface area contributed by atoms with E-state index in [1.807, 2.05) is 6.07 Å². The van der Waals surface area contributed by atoms with Crippen LogP contribution >= 0.6 is 34.8 Å². The van der Waals surface area contributed by atoms with Gasteiger partial charge in [-0.15, -0.1) is 0 Å². The first-order valence-corrected chi connectivity index (χ1v) is 11.4. The van der Waals surface area contributed by atoms with E-state index in [1.165, 1.54) is 34.4 Å². The molecule has 3 heterocycles. The molecule has 170 valence electrons. The summed E-state index contributed by atoms with van der Waals surface area (Å²) >= 11 is 18.5. The van der Waals surface area contributed by atoms with Crippen LogP contribution in [0.3, 0.4) is 0 Å². The number of carbonyl (C=O) groups is 1. The number of anilines is 3. The molecule has 2 aliphatic rings. The molecule has 0 aliphatic carbocycles. The minimum absolute atomic E-state index is 0.0738. The van der Waals surface area contributed by atoms with Gasteiger partial charge in [0.05, 0.1) is 15.7 Å². The van der Waals surface area contributed by atoms with Crippen molar-refractivity contribution >= 4 is 58.0 Å². The Morgan fingerprint density at radius 2 is 1.91 bits per heavy atom. The van der Waals surface area contributed by atoms with E-state index in [1.54, 1.807) is 0 Å². The molecule has 0 spiro atoms. The molecule has 0 saturated carbocycles. The van der Waals surface area contributed by atoms with Crippen molar-refractivity contribution in [3.8, 4) is 5.88 Å². The van der Waals surface area contributed by atoms with Crippen LogP contribution in [0.25, 0.3) is 0 Å². The Hall–Kier alpha value is -2.58. The molecule has 2 N–H and O–H groups in total. The molecule has 1 aromatic heterocycles. The average Bonchev–Trinajstić information content (AvgIpc) is 2.74. The fraction of sp³-hybridized carbons (Fsp3) is 0.261. The molecule has 2 aliphatic heterocycles. The second kappa shape index (κ2) is 8.33. The van der Waals surface area contributed by atoms with E-state index >= 15 is 0 Å². The zero-order chi connectivity index (χ0) is 23.3. The third-order valence-electron chi connectivity index (χ3n) is 5.78. The van der Waals surface area contributed by atoms with Crippen LogP contribution in [0.15, 0.2) is 36.5 Å². The number of fused-ring (bicyclic) bond motifs is 2. The highest BCUT2D eigenvalue weighted by Gasteiger charge is 2.32. The van der Waals surface area contributed by atoms with E-state index in [9.17, 15) is 4.79 Å². The third-order valence-corrected chi connectivity index (χ3v) is 6.58. The van der Waals surface area contributed by atoms with Gasteiger partial charge in [-0.1, -0.05) is 54.7 Å². The Morgan fingerprint density at radius 3 is 2.67 bits per heavy atom. The average molecular weight is 505 g/mol. The summed E-state index contributed by atoms with van der Waals surface area (Å²) in [5.41, 5.74) is 4.03. The monoisotopic (exact) mass is 503 g/mol. The lowest BCUT2D eigenvalue weighted by molar-refractivity contribution is 0.0932. The normalized spacial score (nSPS) is 16.6. The maximum atomic E-state index is 13.1. The van der Waals surface area contributed by atoms with Crippen molar-refractivity contribution in [2.45, 2.75) is 25.8 Å². The summed E-state index contributed by atoms with van der Waals surface area (Å²) < 4.78 is 5.75. The van der Waals surface area contributed by atoms with Gasteiger partial charge in [-0.25, -0.2) is 4.98 Å². The van der Waals surface area contributed by atoms with Crippen LogP contribution in [0.1, 0.15) is 35.3 Å². The van der Waals surface area contributed by atoms with Gasteiger partial charge in [-0.05, 0) is 35.4 Å². The zero-order valence-electron chi connectivity index (χ0n) is 17.9. The number of hydrogen-bond donors (Lipinski definition) is 2. The predicted octanol–water partition coefficient (Wildman–Crippen LogP) is 5.56. The van der Waals surface area contributed by atoms with Gasteiger partial charge in [0, 0.05) is 35.4 Å². The first-order valence-electron chi connectivity index (χ1n) is 10.3. The molecule has 2 aromatic carbocycles. The quantitative estimate of drug-likeness (QED) is 0.486. The number of aromatic nitrogens is 2. The summed E-state index contributed by atoms with van der Waals surface area (Å²) in [6.07, 6.45) is 1.43. The first-order chi connectivity index (χ1) is 15.7. The Labute approximate surface area is 206 Å². The number of hydrogen-bond acceptors (Lipinski definition) is 6. The Morgan fingerprint density at radius 1 is 1.15 bits per heavy atom. The standard InChI is InChI=1S/C23H20Cl3N5O2/c1-23(2)10-27-8-12-5-14(3-4-16(12)23)29-22-28-9-15-20(30-22)33-11-31(21(15)32)19-17(25)6-13(24)7-18(19)26/h3-7,9,27H,8,10-11H2,1-2H3,(H,28,29,30). The Kier molecular flexibility index (Phi) is 5.61. The van der Waals surface area contributed by atoms with Gasteiger partial charge in [-0.2, -0.15) is 4.98 Å². The molecule has 0 unspecified atom stereocenters. The molecule has 10 heteroatoms. The van der Waals surface area contributed by atoms with Crippen molar-refractivity contribution in [2.24, 2.45) is 0 Å². The topological polar surface area (TPSA) is 79.4 Å². The summed E-state index contributed by atoms with van der Waals surface area (Å²) in [6, 6.07) is 9.27. The minimum atomic E-state index is -0.365. The molecular weight excluding hydrogens is 485 g/mol. The van der Waals surface area contributed by atoms with Crippen LogP contribution < -0.4 is 20.3 Å². The molecular formula is C23H20Cl3N5O2. The van der Waals surface area contributed by atoms with Crippen molar-refractivity contribution in [3.05, 3.63) is 68.3 Å². The lowest BCUT2D eigenvalue weighted by Crippen LogP contribution is -2.39. The van der Waals surface area contributed by atoms with Gasteiger partial charge in [0.25, 0.3) is 5.91 Å². The number of ether oxygens (including phenoxy) is 1. The number of rotatable bonds is 3. The predicted molar refractivity (Wildman–Crippen MR) is 130 cm³/mol. The van der Waals surface area contributed by atoms with E-state index in [-0.39, 0.29) is 39.5 Å². The summed E-state index contributed by atoms with van der Waals surface area (Å²) in [5.74, 6) is 0.160. The summed E-state index contributed by atoms with van der Waals surface area (Å²) in [5, 5.41) is 7.52. The fourth-order valence-electron chi connectivity index (χ4n) is 4.18. The number of amides is 1.